The second kappa shape index (κ2) is 8.67. The highest BCUT2D eigenvalue weighted by atomic mass is 32.2. The third kappa shape index (κ3) is 4.70. The third-order valence-corrected chi connectivity index (χ3v) is 6.38. The molecule has 0 aliphatic carbocycles. The Morgan fingerprint density at radius 2 is 2.10 bits per heavy atom. The summed E-state index contributed by atoms with van der Waals surface area (Å²) in [5, 5.41) is 16.2. The van der Waals surface area contributed by atoms with Crippen LogP contribution < -0.4 is 5.32 Å². The number of thiol groups is 1. The molecule has 1 fully saturated rings. The number of likely N-dealkylation sites (tertiary alicyclic amines) is 1. The number of anilines is 1. The van der Waals surface area contributed by atoms with Crippen molar-refractivity contribution < 1.29 is 8.42 Å². The number of fused-ring (bicyclic) bond motifs is 1. The van der Waals surface area contributed by atoms with Crippen molar-refractivity contribution in [2.75, 3.05) is 24.3 Å². The Bertz CT molecular complexity index is 1030. The molecule has 3 aromatic heterocycles. The maximum Gasteiger partial charge on any atom is 0.243 e. The van der Waals surface area contributed by atoms with E-state index in [4.69, 9.17) is 5.10 Å². The van der Waals surface area contributed by atoms with Gasteiger partial charge in [0.05, 0.1) is 18.3 Å². The van der Waals surface area contributed by atoms with Crippen LogP contribution in [0.25, 0.3) is 16.9 Å². The molecule has 0 bridgehead atoms. The average Bonchev–Trinajstić information content (AvgIpc) is 3.32. The lowest BCUT2D eigenvalue weighted by Crippen LogP contribution is -2.40. The van der Waals surface area contributed by atoms with E-state index in [0.717, 1.165) is 42.2 Å². The number of nitrogens with zero attached hydrogens (tertiary/aromatic N) is 6. The maximum atomic E-state index is 10.9. The van der Waals surface area contributed by atoms with Crippen molar-refractivity contribution in [1.29, 1.82) is 0 Å². The summed E-state index contributed by atoms with van der Waals surface area (Å²) in [6, 6.07) is 0.218. The quantitative estimate of drug-likeness (QED) is 0.373. The molecule has 4 heterocycles. The highest BCUT2D eigenvalue weighted by Crippen LogP contribution is 2.32. The monoisotopic (exact) mass is 436 g/mol. The molecule has 0 spiro atoms. The van der Waals surface area contributed by atoms with Crippen molar-refractivity contribution in [3.63, 3.8) is 0 Å². The topological polar surface area (TPSA) is 121 Å². The first kappa shape index (κ1) is 20.1. The minimum Gasteiger partial charge on any atom is -0.350 e. The van der Waals surface area contributed by atoms with Gasteiger partial charge in [-0.3, -0.25) is 10.00 Å². The first-order chi connectivity index (χ1) is 14.0. The van der Waals surface area contributed by atoms with Crippen LogP contribution >= 0.6 is 11.8 Å². The Morgan fingerprint density at radius 1 is 1.31 bits per heavy atom. The minimum absolute atomic E-state index is 0.132. The fourth-order valence-electron chi connectivity index (χ4n) is 3.37. The molecule has 0 amide bonds. The fourth-order valence-corrected chi connectivity index (χ4v) is 4.94. The largest absolute Gasteiger partial charge is 0.350 e. The van der Waals surface area contributed by atoms with Gasteiger partial charge in [0.1, 0.15) is 10.7 Å². The van der Waals surface area contributed by atoms with Gasteiger partial charge in [-0.25, -0.2) is 17.9 Å². The molecule has 3 aromatic rings. The summed E-state index contributed by atoms with van der Waals surface area (Å²) in [7, 11) is -2.37. The van der Waals surface area contributed by atoms with Crippen LogP contribution in [-0.2, 0) is 10.7 Å². The number of hydrogen-bond donors (Lipinski definition) is 3. The smallest absolute Gasteiger partial charge is 0.243 e. The van der Waals surface area contributed by atoms with E-state index in [1.165, 1.54) is 0 Å². The molecular formula is C17H24N8O2S2. The van der Waals surface area contributed by atoms with Crippen LogP contribution in [0.4, 0.5) is 5.95 Å². The highest BCUT2D eigenvalue weighted by molar-refractivity contribution is 7.99. The van der Waals surface area contributed by atoms with Gasteiger partial charge in [-0.1, -0.05) is 13.8 Å². The van der Waals surface area contributed by atoms with E-state index in [-0.39, 0.29) is 11.9 Å². The van der Waals surface area contributed by atoms with E-state index in [0.29, 0.717) is 16.8 Å². The van der Waals surface area contributed by atoms with Crippen LogP contribution in [0.1, 0.15) is 26.7 Å². The van der Waals surface area contributed by atoms with Gasteiger partial charge in [-0.2, -0.15) is 10.1 Å². The van der Waals surface area contributed by atoms with Crippen LogP contribution in [0, 0.1) is 0 Å². The summed E-state index contributed by atoms with van der Waals surface area (Å²) in [4.78, 5) is 11.2. The summed E-state index contributed by atoms with van der Waals surface area (Å²) in [6.07, 6.45) is 6.99. The molecule has 156 valence electrons. The zero-order chi connectivity index (χ0) is 20.4. The molecule has 1 saturated heterocycles. The number of aromatic amines is 1. The van der Waals surface area contributed by atoms with Crippen molar-refractivity contribution in [3.8, 4) is 11.3 Å². The normalized spacial score (nSPS) is 16.3. The van der Waals surface area contributed by atoms with Crippen LogP contribution in [-0.4, -0.2) is 73.4 Å². The zero-order valence-corrected chi connectivity index (χ0v) is 18.0. The van der Waals surface area contributed by atoms with E-state index in [9.17, 15) is 8.42 Å². The second-order valence-corrected chi connectivity index (χ2v) is 9.80. The predicted molar refractivity (Wildman–Crippen MR) is 113 cm³/mol. The number of hydrogen-bond acceptors (Lipinski definition) is 9. The summed E-state index contributed by atoms with van der Waals surface area (Å²) in [5.41, 5.74) is 2.41. The molecule has 0 radical (unpaired) electrons. The molecule has 1 aliphatic rings. The first-order valence-electron chi connectivity index (χ1n) is 9.52. The summed E-state index contributed by atoms with van der Waals surface area (Å²) < 4.78 is 23.6. The lowest BCUT2D eigenvalue weighted by atomic mass is 10.1. The number of H-pyrrole nitrogens is 1. The minimum atomic E-state index is -2.37. The van der Waals surface area contributed by atoms with Gasteiger partial charge in [0, 0.05) is 36.1 Å². The van der Waals surface area contributed by atoms with Crippen molar-refractivity contribution in [2.45, 2.75) is 43.0 Å². The predicted octanol–water partition coefficient (Wildman–Crippen LogP) is 1.46. The maximum absolute atomic E-state index is 10.9. The number of nitrogens with one attached hydrogen (secondary N) is 2. The molecule has 0 saturated carbocycles. The molecule has 29 heavy (non-hydrogen) atoms. The zero-order valence-electron chi connectivity index (χ0n) is 16.3. The SMILES string of the molecule is CC(C)Sc1c(-c2cn[nH]c2)ncc2nc(NC3CCN(C[SH](=O)=O)CC3)nn12. The number of piperidine rings is 1. The molecule has 2 N–H and O–H groups in total. The van der Waals surface area contributed by atoms with Crippen LogP contribution in [0.15, 0.2) is 23.6 Å². The highest BCUT2D eigenvalue weighted by Gasteiger charge is 2.22. The van der Waals surface area contributed by atoms with Gasteiger partial charge in [-0.15, -0.1) is 16.9 Å². The van der Waals surface area contributed by atoms with E-state index >= 15 is 0 Å². The second-order valence-electron chi connectivity index (χ2n) is 7.28. The molecule has 1 aliphatic heterocycles. The molecule has 0 aromatic carbocycles. The summed E-state index contributed by atoms with van der Waals surface area (Å²) >= 11 is 1.68. The van der Waals surface area contributed by atoms with E-state index in [1.807, 2.05) is 15.6 Å². The van der Waals surface area contributed by atoms with Crippen LogP contribution in [0.5, 0.6) is 0 Å². The average molecular weight is 437 g/mol. The van der Waals surface area contributed by atoms with Gasteiger partial charge in [0.25, 0.3) is 0 Å². The Labute approximate surface area is 174 Å². The lowest BCUT2D eigenvalue weighted by Gasteiger charge is -2.30. The van der Waals surface area contributed by atoms with Crippen molar-refractivity contribution in [3.05, 3.63) is 18.6 Å². The van der Waals surface area contributed by atoms with Crippen LogP contribution in [0.2, 0.25) is 0 Å². The Kier molecular flexibility index (Phi) is 6.01. The molecular weight excluding hydrogens is 412 g/mol. The van der Waals surface area contributed by atoms with Gasteiger partial charge in [-0.05, 0) is 12.8 Å². The van der Waals surface area contributed by atoms with E-state index in [1.54, 1.807) is 24.2 Å². The van der Waals surface area contributed by atoms with E-state index in [2.05, 4.69) is 39.3 Å². The third-order valence-electron chi connectivity index (χ3n) is 4.69. The molecule has 0 unspecified atom stereocenters. The Hall–Kier alpha value is -2.18. The molecule has 0 atom stereocenters. The fraction of sp³-hybridized carbons (Fsp3) is 0.529. The van der Waals surface area contributed by atoms with Gasteiger partial charge in [0.2, 0.25) is 5.95 Å². The number of rotatable bonds is 7. The number of thioether (sulfide) groups is 1. The molecule has 10 nitrogen and oxygen atoms in total. The van der Waals surface area contributed by atoms with Gasteiger partial charge >= 0.3 is 0 Å². The summed E-state index contributed by atoms with van der Waals surface area (Å²) in [6.45, 7) is 5.74. The van der Waals surface area contributed by atoms with Gasteiger partial charge < -0.3 is 5.32 Å². The van der Waals surface area contributed by atoms with Crippen molar-refractivity contribution >= 4 is 34.1 Å². The molecule has 4 rings (SSSR count). The van der Waals surface area contributed by atoms with Crippen molar-refractivity contribution in [1.82, 2.24) is 34.7 Å². The van der Waals surface area contributed by atoms with E-state index < -0.39 is 10.7 Å². The molecule has 12 heteroatoms. The lowest BCUT2D eigenvalue weighted by molar-refractivity contribution is 0.250. The summed E-state index contributed by atoms with van der Waals surface area (Å²) in [5.74, 6) is 0.697. The number of aromatic nitrogens is 6. The Morgan fingerprint density at radius 3 is 2.76 bits per heavy atom. The first-order valence-corrected chi connectivity index (χ1v) is 11.8. The Balaban J connectivity index is 1.56. The van der Waals surface area contributed by atoms with Crippen LogP contribution in [0.3, 0.4) is 0 Å². The van der Waals surface area contributed by atoms with Gasteiger partial charge in [0.15, 0.2) is 16.4 Å². The standard InChI is InChI=1S/C17H24N8O2S2/c1-11(2)28-16-15(12-7-19-20-8-12)18-9-14-22-17(23-25(14)16)21-13-3-5-24(6-4-13)10-29(26)27/h7-9,11,13,29H,3-6,10H2,1-2H3,(H,19,20)(H,21,23). The van der Waals surface area contributed by atoms with Crippen molar-refractivity contribution in [2.24, 2.45) is 0 Å².